The summed E-state index contributed by atoms with van der Waals surface area (Å²) in [5.41, 5.74) is 2.14. The number of halogens is 2. The molecule has 1 atom stereocenters. The second-order valence-corrected chi connectivity index (χ2v) is 11.7. The summed E-state index contributed by atoms with van der Waals surface area (Å²) < 4.78 is 26.4. The second-order valence-electron chi connectivity index (χ2n) is 8.39. The molecule has 3 aromatic rings. The first kappa shape index (κ1) is 29.6. The Morgan fingerprint density at radius 3 is 2.33 bits per heavy atom. The van der Waals surface area contributed by atoms with Crippen molar-refractivity contribution in [3.63, 3.8) is 0 Å². The van der Waals surface area contributed by atoms with E-state index in [0.29, 0.717) is 50.9 Å². The van der Waals surface area contributed by atoms with E-state index in [1.165, 1.54) is 11.3 Å². The van der Waals surface area contributed by atoms with Crippen molar-refractivity contribution in [3.05, 3.63) is 79.6 Å². The van der Waals surface area contributed by atoms with E-state index in [-0.39, 0.29) is 12.2 Å². The third kappa shape index (κ3) is 6.04. The molecule has 0 bridgehead atoms. The molecule has 1 aliphatic heterocycles. The molecule has 8 nitrogen and oxygen atoms in total. The molecule has 0 aliphatic carbocycles. The summed E-state index contributed by atoms with van der Waals surface area (Å²) in [4.78, 5) is 32.3. The van der Waals surface area contributed by atoms with E-state index in [0.717, 1.165) is 18.5 Å². The predicted molar refractivity (Wildman–Crippen MR) is 168 cm³/mol. The molecule has 2 heterocycles. The van der Waals surface area contributed by atoms with E-state index in [4.69, 9.17) is 18.9 Å². The van der Waals surface area contributed by atoms with E-state index >= 15 is 0 Å². The highest BCUT2D eigenvalue weighted by Gasteiger charge is 2.34. The Morgan fingerprint density at radius 2 is 1.72 bits per heavy atom. The number of fused-ring (bicyclic) bond motifs is 1. The van der Waals surface area contributed by atoms with E-state index in [2.05, 4.69) is 50.2 Å². The molecule has 0 N–H and O–H groups in total. The lowest BCUT2D eigenvalue weighted by atomic mass is 9.95. The first-order valence-electron chi connectivity index (χ1n) is 12.4. The normalized spacial score (nSPS) is 15.1. The molecular formula is C28H28I2N2O6S. The average molecular weight is 774 g/mol. The largest absolute Gasteiger partial charge is 0.495 e. The number of esters is 1. The van der Waals surface area contributed by atoms with Crippen molar-refractivity contribution in [1.82, 2.24) is 4.57 Å². The van der Waals surface area contributed by atoms with E-state index < -0.39 is 12.0 Å². The monoisotopic (exact) mass is 774 g/mol. The molecule has 2 aromatic carbocycles. The molecule has 0 saturated heterocycles. The van der Waals surface area contributed by atoms with E-state index in [9.17, 15) is 9.59 Å². The van der Waals surface area contributed by atoms with Crippen LogP contribution in [0.15, 0.2) is 51.4 Å². The number of benzene rings is 2. The van der Waals surface area contributed by atoms with Crippen LogP contribution in [0.5, 0.6) is 17.2 Å². The van der Waals surface area contributed by atoms with Gasteiger partial charge >= 0.3 is 5.97 Å². The Morgan fingerprint density at radius 1 is 1.05 bits per heavy atom. The van der Waals surface area contributed by atoms with Gasteiger partial charge in [0.1, 0.15) is 5.75 Å². The molecule has 4 rings (SSSR count). The fourth-order valence-corrected chi connectivity index (χ4v) is 7.66. The molecule has 1 aromatic heterocycles. The zero-order valence-electron chi connectivity index (χ0n) is 22.2. The number of allylic oxidation sites excluding steroid dienone is 1. The number of aromatic nitrogens is 1. The van der Waals surface area contributed by atoms with Gasteiger partial charge < -0.3 is 18.9 Å². The predicted octanol–water partition coefficient (Wildman–Crippen LogP) is 4.81. The van der Waals surface area contributed by atoms with Gasteiger partial charge in [0.15, 0.2) is 16.3 Å². The molecular weight excluding hydrogens is 746 g/mol. The number of rotatable bonds is 9. The zero-order valence-corrected chi connectivity index (χ0v) is 27.3. The number of ether oxygens (including phenoxy) is 4. The lowest BCUT2D eigenvalue weighted by molar-refractivity contribution is -0.139. The lowest BCUT2D eigenvalue weighted by Gasteiger charge is -2.25. The SMILES string of the molecule is CCOC(=O)C1=C(C)N=c2s/c(=C\c3cc(I)c(OC)c(I)c3)c(=O)n2[C@@H]1c1ccc(OCC)c(OCC)c1. The fourth-order valence-electron chi connectivity index (χ4n) is 4.35. The third-order valence-corrected chi connectivity index (χ3v) is 8.51. The van der Waals surface area contributed by atoms with Crippen LogP contribution < -0.4 is 29.1 Å². The highest BCUT2D eigenvalue weighted by atomic mass is 127. The van der Waals surface area contributed by atoms with Crippen LogP contribution in [0.3, 0.4) is 0 Å². The standard InChI is InChI=1S/C28H28I2N2O6S/c1-6-36-20-10-9-17(14-21(20)37-7-2)24-23(27(34)38-8-3)15(4)31-28-32(24)26(33)22(39-28)13-16-11-18(29)25(35-5)19(30)12-16/h9-14,24H,6-8H2,1-5H3/b22-13-/t24-/m1/s1. The lowest BCUT2D eigenvalue weighted by Crippen LogP contribution is -2.40. The maximum atomic E-state index is 13.9. The minimum absolute atomic E-state index is 0.203. The van der Waals surface area contributed by atoms with Gasteiger partial charge in [0.25, 0.3) is 5.56 Å². The highest BCUT2D eigenvalue weighted by molar-refractivity contribution is 14.1. The topological polar surface area (TPSA) is 88.4 Å². The molecule has 0 spiro atoms. The van der Waals surface area contributed by atoms with Crippen LogP contribution in [0.1, 0.15) is 44.9 Å². The Balaban J connectivity index is 1.95. The Kier molecular flexibility index (Phi) is 9.75. The minimum Gasteiger partial charge on any atom is -0.495 e. The summed E-state index contributed by atoms with van der Waals surface area (Å²) >= 11 is 5.72. The fraction of sp³-hybridized carbons (Fsp3) is 0.321. The summed E-state index contributed by atoms with van der Waals surface area (Å²) in [6.45, 7) is 8.42. The van der Waals surface area contributed by atoms with Crippen molar-refractivity contribution < 1.29 is 23.7 Å². The summed E-state index contributed by atoms with van der Waals surface area (Å²) in [6.07, 6.45) is 1.85. The Bertz CT molecular complexity index is 1600. The van der Waals surface area contributed by atoms with E-state index in [1.54, 1.807) is 31.6 Å². The van der Waals surface area contributed by atoms with Crippen LogP contribution in [0.25, 0.3) is 6.08 Å². The van der Waals surface area contributed by atoms with Gasteiger partial charge in [-0.2, -0.15) is 0 Å². The van der Waals surface area contributed by atoms with Gasteiger partial charge in [-0.3, -0.25) is 9.36 Å². The molecule has 0 unspecified atom stereocenters. The molecule has 39 heavy (non-hydrogen) atoms. The van der Waals surface area contributed by atoms with E-state index in [1.807, 2.05) is 44.2 Å². The van der Waals surface area contributed by atoms with Gasteiger partial charge in [-0.1, -0.05) is 17.4 Å². The third-order valence-electron chi connectivity index (χ3n) is 5.92. The van der Waals surface area contributed by atoms with Gasteiger partial charge in [0.05, 0.1) is 55.9 Å². The molecule has 1 aliphatic rings. The van der Waals surface area contributed by atoms with Crippen molar-refractivity contribution >= 4 is 68.6 Å². The van der Waals surface area contributed by atoms with Crippen LogP contribution in [0.2, 0.25) is 0 Å². The van der Waals surface area contributed by atoms with Crippen molar-refractivity contribution in [1.29, 1.82) is 0 Å². The molecule has 206 valence electrons. The van der Waals surface area contributed by atoms with Gasteiger partial charge in [0.2, 0.25) is 0 Å². The maximum absolute atomic E-state index is 13.9. The molecule has 0 amide bonds. The van der Waals surface area contributed by atoms with Crippen LogP contribution in [-0.2, 0) is 9.53 Å². The summed E-state index contributed by atoms with van der Waals surface area (Å²) in [5, 5.41) is 0. The Hall–Kier alpha value is -2.39. The molecule has 0 radical (unpaired) electrons. The van der Waals surface area contributed by atoms with Crippen LogP contribution >= 0.6 is 56.5 Å². The summed E-state index contributed by atoms with van der Waals surface area (Å²) in [7, 11) is 1.64. The minimum atomic E-state index is -0.742. The smallest absolute Gasteiger partial charge is 0.338 e. The number of hydrogen-bond donors (Lipinski definition) is 0. The molecule has 0 saturated carbocycles. The van der Waals surface area contributed by atoms with Crippen molar-refractivity contribution in [2.75, 3.05) is 26.9 Å². The highest BCUT2D eigenvalue weighted by Crippen LogP contribution is 2.36. The zero-order chi connectivity index (χ0) is 28.3. The maximum Gasteiger partial charge on any atom is 0.338 e. The molecule has 11 heteroatoms. The number of hydrogen-bond acceptors (Lipinski definition) is 8. The molecule has 0 fully saturated rings. The van der Waals surface area contributed by atoms with Gasteiger partial charge in [-0.05, 0) is 114 Å². The number of nitrogens with zero attached hydrogens (tertiary/aromatic N) is 2. The van der Waals surface area contributed by atoms with Crippen molar-refractivity contribution in [2.45, 2.75) is 33.7 Å². The first-order valence-corrected chi connectivity index (χ1v) is 15.3. The van der Waals surface area contributed by atoms with Gasteiger partial charge in [0, 0.05) is 0 Å². The summed E-state index contributed by atoms with van der Waals surface area (Å²) in [5.74, 6) is 1.42. The van der Waals surface area contributed by atoms with Crippen molar-refractivity contribution in [3.8, 4) is 17.2 Å². The van der Waals surface area contributed by atoms with Crippen LogP contribution in [0, 0.1) is 7.14 Å². The average Bonchev–Trinajstić information content (AvgIpc) is 3.18. The number of carbonyl (C=O) groups excluding carboxylic acids is 1. The first-order chi connectivity index (χ1) is 18.7. The second kappa shape index (κ2) is 12.9. The van der Waals surface area contributed by atoms with Crippen molar-refractivity contribution in [2.24, 2.45) is 4.99 Å². The van der Waals surface area contributed by atoms with Crippen LogP contribution in [0.4, 0.5) is 0 Å². The van der Waals surface area contributed by atoms with Gasteiger partial charge in [-0.15, -0.1) is 0 Å². The van der Waals surface area contributed by atoms with Gasteiger partial charge in [-0.25, -0.2) is 9.79 Å². The Labute approximate surface area is 257 Å². The number of thiazole rings is 1. The number of methoxy groups -OCH3 is 1. The number of carbonyl (C=O) groups is 1. The quantitative estimate of drug-likeness (QED) is 0.229. The summed E-state index contributed by atoms with van der Waals surface area (Å²) in [6, 6.07) is 8.66. The van der Waals surface area contributed by atoms with Crippen LogP contribution in [-0.4, -0.2) is 37.5 Å².